The van der Waals surface area contributed by atoms with Crippen LogP contribution in [-0.2, 0) is 38.2 Å². The highest BCUT2D eigenvalue weighted by Crippen LogP contribution is 2.52. The Hall–Kier alpha value is -2.81. The number of esters is 4. The van der Waals surface area contributed by atoms with Gasteiger partial charge in [-0.3, -0.25) is 14.4 Å². The zero-order chi connectivity index (χ0) is 44.1. The van der Waals surface area contributed by atoms with E-state index in [4.69, 9.17) is 19.9 Å². The number of unbranched alkanes of at least 4 members (excludes halogenated alkanes) is 26. The minimum absolute atomic E-state index is 0.0785. The van der Waals surface area contributed by atoms with Crippen LogP contribution in [0.1, 0.15) is 220 Å². The summed E-state index contributed by atoms with van der Waals surface area (Å²) in [5, 5.41) is 0. The van der Waals surface area contributed by atoms with E-state index in [9.17, 15) is 24.0 Å². The Balaban J connectivity index is 2.15. The zero-order valence-electron chi connectivity index (χ0n) is 39.1. The molecule has 0 fully saturated rings. The van der Waals surface area contributed by atoms with Crippen LogP contribution in [0.25, 0.3) is 0 Å². The van der Waals surface area contributed by atoms with Crippen LogP contribution in [0.2, 0.25) is 0 Å². The molecule has 0 spiro atoms. The molecule has 0 aromatic carbocycles. The van der Waals surface area contributed by atoms with E-state index in [1.165, 1.54) is 143 Å². The molecule has 0 aromatic rings. The van der Waals surface area contributed by atoms with Crippen molar-refractivity contribution in [3.63, 3.8) is 0 Å². The van der Waals surface area contributed by atoms with Crippen LogP contribution in [0.5, 0.6) is 0 Å². The van der Waals surface area contributed by atoms with Crippen molar-refractivity contribution in [2.45, 2.75) is 226 Å². The maximum absolute atomic E-state index is 14.3. The molecule has 0 saturated carbocycles. The molecule has 0 bridgehead atoms. The van der Waals surface area contributed by atoms with Crippen molar-refractivity contribution in [3.8, 4) is 0 Å². The van der Waals surface area contributed by atoms with E-state index < -0.39 is 59.4 Å². The van der Waals surface area contributed by atoms with Gasteiger partial charge in [0.15, 0.2) is 5.78 Å². The average Bonchev–Trinajstić information content (AvgIpc) is 3.53. The van der Waals surface area contributed by atoms with Crippen molar-refractivity contribution < 1.29 is 38.2 Å². The van der Waals surface area contributed by atoms with Crippen LogP contribution in [-0.4, -0.2) is 49.9 Å². The fourth-order valence-corrected chi connectivity index (χ4v) is 9.38. The molecule has 0 aromatic heterocycles. The first kappa shape index (κ1) is 53.3. The number of carbonyl (C=O) groups is 5. The third kappa shape index (κ3) is 18.7. The Bertz CT molecular complexity index is 1330. The van der Waals surface area contributed by atoms with Gasteiger partial charge >= 0.3 is 23.9 Å². The van der Waals surface area contributed by atoms with Crippen LogP contribution in [0, 0.1) is 29.6 Å². The van der Waals surface area contributed by atoms with E-state index in [1.807, 2.05) is 0 Å². The van der Waals surface area contributed by atoms with E-state index in [0.29, 0.717) is 24.0 Å². The second-order valence-corrected chi connectivity index (χ2v) is 18.3. The molecule has 0 radical (unpaired) electrons. The van der Waals surface area contributed by atoms with Gasteiger partial charge < -0.3 is 19.9 Å². The van der Waals surface area contributed by atoms with Crippen molar-refractivity contribution in [3.05, 3.63) is 22.8 Å². The first-order chi connectivity index (χ1) is 29.0. The maximum Gasteiger partial charge on any atom is 0.341 e. The van der Waals surface area contributed by atoms with Gasteiger partial charge in [0.25, 0.3) is 0 Å². The van der Waals surface area contributed by atoms with Gasteiger partial charge in [-0.05, 0) is 37.2 Å². The van der Waals surface area contributed by atoms with Gasteiger partial charge in [-0.1, -0.05) is 206 Å². The van der Waals surface area contributed by atoms with Gasteiger partial charge in [-0.15, -0.1) is 0 Å². The highest BCUT2D eigenvalue weighted by Gasteiger charge is 2.57. The van der Waals surface area contributed by atoms with E-state index in [-0.39, 0.29) is 11.5 Å². The number of allylic oxidation sites excluding steroid dienone is 1. The molecule has 60 heavy (non-hydrogen) atoms. The molecule has 2 aliphatic carbocycles. The summed E-state index contributed by atoms with van der Waals surface area (Å²) in [6, 6.07) is -1.02. The number of Topliss-reactive ketones (excluding diaryl/α,β-unsaturated/α-hetero) is 1. The summed E-state index contributed by atoms with van der Waals surface area (Å²) in [7, 11) is 2.58. The smallest absolute Gasteiger partial charge is 0.341 e. The molecule has 0 heterocycles. The molecule has 0 unspecified atom stereocenters. The summed E-state index contributed by atoms with van der Waals surface area (Å²) < 4.78 is 15.9. The molecule has 2 rings (SSSR count). The van der Waals surface area contributed by atoms with E-state index >= 15 is 0 Å². The van der Waals surface area contributed by atoms with Crippen molar-refractivity contribution in [2.75, 3.05) is 14.2 Å². The molecule has 0 saturated heterocycles. The Kier molecular flexibility index (Phi) is 28.4. The van der Waals surface area contributed by atoms with Gasteiger partial charge in [-0.2, -0.15) is 0 Å². The SMILES string of the molecule is CCCCCCCCCCCCCCCCC1=C[C@@H](C(=O)OC(=O)[C@@H](N)C(C)C)[C@H]2C(=O)C(C(=O)OC)=C(CCCCCCCCCCCCCCCC)[C@H]2[C@@H]1C(=O)OC. The number of ether oxygens (including phenoxy) is 3. The number of fused-ring (bicyclic) bond motifs is 1. The van der Waals surface area contributed by atoms with Crippen LogP contribution >= 0.6 is 0 Å². The number of methoxy groups -OCH3 is 2. The molecule has 2 aliphatic rings. The first-order valence-electron chi connectivity index (χ1n) is 24.7. The third-order valence-electron chi connectivity index (χ3n) is 13.1. The second-order valence-electron chi connectivity index (χ2n) is 18.3. The highest BCUT2D eigenvalue weighted by molar-refractivity contribution is 6.22. The molecule has 9 heteroatoms. The predicted octanol–water partition coefficient (Wildman–Crippen LogP) is 12.4. The molecule has 9 nitrogen and oxygen atoms in total. The van der Waals surface area contributed by atoms with Crippen molar-refractivity contribution in [1.82, 2.24) is 0 Å². The second kappa shape index (κ2) is 32.0. The van der Waals surface area contributed by atoms with Crippen molar-refractivity contribution in [1.29, 1.82) is 0 Å². The van der Waals surface area contributed by atoms with Crippen LogP contribution in [0.4, 0.5) is 0 Å². The van der Waals surface area contributed by atoms with E-state index in [1.54, 1.807) is 19.9 Å². The number of rotatable bonds is 35. The number of carbonyl (C=O) groups excluding carboxylic acids is 5. The van der Waals surface area contributed by atoms with Gasteiger partial charge in [-0.25, -0.2) is 9.59 Å². The van der Waals surface area contributed by atoms with Crippen LogP contribution in [0.3, 0.4) is 0 Å². The number of hydrogen-bond acceptors (Lipinski definition) is 9. The van der Waals surface area contributed by atoms with Gasteiger partial charge in [0.1, 0.15) is 11.6 Å². The lowest BCUT2D eigenvalue weighted by molar-refractivity contribution is -0.166. The summed E-state index contributed by atoms with van der Waals surface area (Å²) in [5.74, 6) is -7.71. The maximum atomic E-state index is 14.3. The lowest BCUT2D eigenvalue weighted by Gasteiger charge is -2.37. The Morgan fingerprint density at radius 3 is 1.35 bits per heavy atom. The Morgan fingerprint density at radius 1 is 0.567 bits per heavy atom. The summed E-state index contributed by atoms with van der Waals surface area (Å²) >= 11 is 0. The predicted molar refractivity (Wildman–Crippen MR) is 242 cm³/mol. The van der Waals surface area contributed by atoms with Gasteiger partial charge in [0.05, 0.1) is 26.1 Å². The molecule has 5 atom stereocenters. The number of hydrogen-bond donors (Lipinski definition) is 1. The standard InChI is InChI=1S/C51H87NO8/c1-7-9-11-13-15-17-19-21-23-25-27-29-31-33-35-39-37-41(48(54)60-51(57)46(52)38(3)4)44-43(42(39)49(55)58-5)40(45(47(44)53)50(56)59-6)36-34-32-30-28-26-24-22-20-18-16-14-12-10-8-2/h37-38,41-44,46H,7-36,52H2,1-6H3/t41-,42-,43+,44-,46+/m1/s1. The summed E-state index contributed by atoms with van der Waals surface area (Å²) in [5.41, 5.74) is 7.23. The lowest BCUT2D eigenvalue weighted by atomic mass is 9.65. The molecular weight excluding hydrogens is 755 g/mol. The van der Waals surface area contributed by atoms with Crippen molar-refractivity contribution in [2.24, 2.45) is 35.3 Å². The minimum atomic E-state index is -1.16. The van der Waals surface area contributed by atoms with Gasteiger partial charge in [0.2, 0.25) is 0 Å². The molecule has 344 valence electrons. The molecule has 0 amide bonds. The Labute approximate surface area is 365 Å². The lowest BCUT2D eigenvalue weighted by Crippen LogP contribution is -2.45. The van der Waals surface area contributed by atoms with E-state index in [0.717, 1.165) is 51.4 Å². The molecule has 0 aliphatic heterocycles. The molecular formula is C51H87NO8. The Morgan fingerprint density at radius 2 is 0.967 bits per heavy atom. The first-order valence-corrected chi connectivity index (χ1v) is 24.7. The normalized spacial score (nSPS) is 19.3. The number of nitrogens with two attached hydrogens (primary N) is 1. The molecule has 2 N–H and O–H groups in total. The monoisotopic (exact) mass is 842 g/mol. The van der Waals surface area contributed by atoms with Crippen molar-refractivity contribution >= 4 is 29.7 Å². The van der Waals surface area contributed by atoms with E-state index in [2.05, 4.69) is 13.8 Å². The average molecular weight is 842 g/mol. The minimum Gasteiger partial charge on any atom is -0.469 e. The number of ketones is 1. The quantitative estimate of drug-likeness (QED) is 0.0165. The summed E-state index contributed by atoms with van der Waals surface area (Å²) in [6.45, 7) is 8.03. The summed E-state index contributed by atoms with van der Waals surface area (Å²) in [6.07, 6.45) is 36.5. The zero-order valence-corrected chi connectivity index (χ0v) is 39.1. The van der Waals surface area contributed by atoms with Crippen LogP contribution < -0.4 is 5.73 Å². The fraction of sp³-hybridized carbons (Fsp3) is 0.824. The topological polar surface area (TPSA) is 139 Å². The fourth-order valence-electron chi connectivity index (χ4n) is 9.38. The largest absolute Gasteiger partial charge is 0.469 e. The highest BCUT2D eigenvalue weighted by atomic mass is 16.6. The summed E-state index contributed by atoms with van der Waals surface area (Å²) in [4.78, 5) is 68.4. The van der Waals surface area contributed by atoms with Gasteiger partial charge in [0, 0.05) is 11.8 Å². The van der Waals surface area contributed by atoms with Crippen LogP contribution in [0.15, 0.2) is 22.8 Å². The third-order valence-corrected chi connectivity index (χ3v) is 13.1.